The second-order valence-electron chi connectivity index (χ2n) is 4.70. The summed E-state index contributed by atoms with van der Waals surface area (Å²) in [6, 6.07) is 4.61. The summed E-state index contributed by atoms with van der Waals surface area (Å²) in [6.07, 6.45) is 3.53. The van der Waals surface area contributed by atoms with Crippen molar-refractivity contribution < 1.29 is 14.6 Å². The van der Waals surface area contributed by atoms with Crippen molar-refractivity contribution in [2.75, 3.05) is 0 Å². The van der Waals surface area contributed by atoms with Gasteiger partial charge in [0, 0.05) is 48.3 Å². The van der Waals surface area contributed by atoms with Crippen LogP contribution in [0.25, 0.3) is 10.9 Å². The average Bonchev–Trinajstić information content (AvgIpc) is 2.83. The summed E-state index contributed by atoms with van der Waals surface area (Å²) in [5.74, 6) is -0.528. The monoisotopic (exact) mass is 301 g/mol. The largest absolute Gasteiger partial charge is 0.343 e. The molecule has 1 heterocycles. The van der Waals surface area contributed by atoms with E-state index in [9.17, 15) is 14.9 Å². The second-order valence-corrected chi connectivity index (χ2v) is 4.70. The molecule has 7 heteroatoms. The molecule has 0 atom stereocenters. The fourth-order valence-corrected chi connectivity index (χ4v) is 2.16. The summed E-state index contributed by atoms with van der Waals surface area (Å²) >= 11 is 0. The first kappa shape index (κ1) is 15.4. The maximum Gasteiger partial charge on any atom is 0.331 e. The summed E-state index contributed by atoms with van der Waals surface area (Å²) in [4.78, 5) is 26.0. The number of aromatic nitrogens is 1. The van der Waals surface area contributed by atoms with E-state index in [1.165, 1.54) is 19.1 Å². The number of hydrogen-bond donors (Lipinski definition) is 0. The number of nitro groups is 1. The van der Waals surface area contributed by atoms with Crippen molar-refractivity contribution in [3.05, 3.63) is 52.7 Å². The van der Waals surface area contributed by atoms with Gasteiger partial charge in [-0.3, -0.25) is 10.1 Å². The van der Waals surface area contributed by atoms with Crippen LogP contribution in [0, 0.1) is 10.1 Å². The number of allylic oxidation sites excluding steroid dienone is 1. The molecule has 0 fully saturated rings. The molecule has 114 valence electrons. The van der Waals surface area contributed by atoms with Crippen LogP contribution in [0.5, 0.6) is 0 Å². The third-order valence-corrected chi connectivity index (χ3v) is 3.10. The number of oxime groups is 1. The van der Waals surface area contributed by atoms with Gasteiger partial charge >= 0.3 is 5.97 Å². The van der Waals surface area contributed by atoms with Gasteiger partial charge in [0.1, 0.15) is 0 Å². The molecular weight excluding hydrogens is 286 g/mol. The Hall–Kier alpha value is -2.96. The molecule has 0 amide bonds. The predicted octanol–water partition coefficient (Wildman–Crippen LogP) is 3.02. The topological polar surface area (TPSA) is 86.7 Å². The Bertz CT molecular complexity index is 789. The maximum atomic E-state index is 11.0. The van der Waals surface area contributed by atoms with Crippen LogP contribution in [0.2, 0.25) is 0 Å². The minimum absolute atomic E-state index is 0.00890. The van der Waals surface area contributed by atoms with E-state index in [-0.39, 0.29) is 5.69 Å². The van der Waals surface area contributed by atoms with Crippen molar-refractivity contribution in [2.45, 2.75) is 20.4 Å². The molecule has 0 bridgehead atoms. The van der Waals surface area contributed by atoms with Gasteiger partial charge in [-0.2, -0.15) is 0 Å². The van der Waals surface area contributed by atoms with Crippen LogP contribution >= 0.6 is 0 Å². The number of nitro benzene ring substituents is 1. The quantitative estimate of drug-likeness (QED) is 0.279. The number of benzene rings is 1. The SMILES string of the molecule is C=CCn1cc(C(C)=NOC(C)=O)c2cc([N+](=O)[O-])ccc21. The fraction of sp³-hybridized carbons (Fsp3) is 0.200. The second kappa shape index (κ2) is 6.21. The van der Waals surface area contributed by atoms with Crippen LogP contribution < -0.4 is 0 Å². The van der Waals surface area contributed by atoms with Crippen LogP contribution in [-0.4, -0.2) is 21.2 Å². The summed E-state index contributed by atoms with van der Waals surface area (Å²) < 4.78 is 1.90. The lowest BCUT2D eigenvalue weighted by Gasteiger charge is -2.00. The van der Waals surface area contributed by atoms with Crippen LogP contribution in [0.1, 0.15) is 19.4 Å². The maximum absolute atomic E-state index is 11.0. The highest BCUT2D eigenvalue weighted by Gasteiger charge is 2.15. The van der Waals surface area contributed by atoms with E-state index in [1.807, 2.05) is 4.57 Å². The molecule has 0 aliphatic carbocycles. The number of non-ortho nitro benzene ring substituents is 1. The number of fused-ring (bicyclic) bond motifs is 1. The number of nitrogens with zero attached hydrogens (tertiary/aromatic N) is 3. The first-order chi connectivity index (χ1) is 10.4. The third kappa shape index (κ3) is 3.03. The molecule has 0 saturated heterocycles. The molecule has 0 unspecified atom stereocenters. The first-order valence-electron chi connectivity index (χ1n) is 6.54. The van der Waals surface area contributed by atoms with E-state index < -0.39 is 10.9 Å². The summed E-state index contributed by atoms with van der Waals surface area (Å²) in [6.45, 7) is 7.17. The minimum Gasteiger partial charge on any atom is -0.343 e. The molecule has 0 aliphatic heterocycles. The van der Waals surface area contributed by atoms with Crippen LogP contribution in [-0.2, 0) is 16.2 Å². The standard InChI is InChI=1S/C15H15N3O4/c1-4-7-17-9-14(10(2)16-22-11(3)19)13-8-12(18(20)21)5-6-15(13)17/h4-6,8-9H,1,7H2,2-3H3. The Morgan fingerprint density at radius 1 is 1.50 bits per heavy atom. The van der Waals surface area contributed by atoms with Gasteiger partial charge in [-0.15, -0.1) is 6.58 Å². The number of hydrogen-bond acceptors (Lipinski definition) is 5. The van der Waals surface area contributed by atoms with Gasteiger partial charge < -0.3 is 9.40 Å². The molecule has 2 rings (SSSR count). The van der Waals surface area contributed by atoms with Gasteiger partial charge in [-0.1, -0.05) is 11.2 Å². The molecule has 22 heavy (non-hydrogen) atoms. The van der Waals surface area contributed by atoms with E-state index >= 15 is 0 Å². The predicted molar refractivity (Wildman–Crippen MR) is 82.8 cm³/mol. The fourth-order valence-electron chi connectivity index (χ4n) is 2.16. The Morgan fingerprint density at radius 3 is 2.82 bits per heavy atom. The molecule has 1 aromatic carbocycles. The molecule has 0 N–H and O–H groups in total. The van der Waals surface area contributed by atoms with Gasteiger partial charge in [0.15, 0.2) is 0 Å². The van der Waals surface area contributed by atoms with Crippen molar-refractivity contribution in [3.8, 4) is 0 Å². The third-order valence-electron chi connectivity index (χ3n) is 3.10. The summed E-state index contributed by atoms with van der Waals surface area (Å²) in [5, 5.41) is 15.4. The Kier molecular flexibility index (Phi) is 4.36. The van der Waals surface area contributed by atoms with Gasteiger partial charge in [-0.25, -0.2) is 4.79 Å². The number of rotatable bonds is 5. The zero-order chi connectivity index (χ0) is 16.3. The van der Waals surface area contributed by atoms with Crippen LogP contribution in [0.3, 0.4) is 0 Å². The van der Waals surface area contributed by atoms with Crippen LogP contribution in [0.15, 0.2) is 42.2 Å². The Balaban J connectivity index is 2.62. The Labute approximate surface area is 126 Å². The van der Waals surface area contributed by atoms with Crippen molar-refractivity contribution in [3.63, 3.8) is 0 Å². The lowest BCUT2D eigenvalue weighted by atomic mass is 10.1. The summed E-state index contributed by atoms with van der Waals surface area (Å²) in [5.41, 5.74) is 1.94. The molecule has 1 aromatic heterocycles. The minimum atomic E-state index is -0.528. The molecule has 0 aliphatic rings. The van der Waals surface area contributed by atoms with Crippen molar-refractivity contribution in [1.29, 1.82) is 0 Å². The number of carbonyl (C=O) groups excluding carboxylic acids is 1. The van der Waals surface area contributed by atoms with Crippen molar-refractivity contribution >= 4 is 28.3 Å². The zero-order valence-corrected chi connectivity index (χ0v) is 12.3. The van der Waals surface area contributed by atoms with E-state index in [2.05, 4.69) is 16.6 Å². The lowest BCUT2D eigenvalue weighted by molar-refractivity contribution is -0.384. The smallest absolute Gasteiger partial charge is 0.331 e. The van der Waals surface area contributed by atoms with Crippen molar-refractivity contribution in [2.24, 2.45) is 5.16 Å². The molecule has 2 aromatic rings. The van der Waals surface area contributed by atoms with Gasteiger partial charge in [0.2, 0.25) is 0 Å². The Morgan fingerprint density at radius 2 is 2.23 bits per heavy atom. The highest BCUT2D eigenvalue weighted by atomic mass is 16.7. The molecule has 7 nitrogen and oxygen atoms in total. The molecule has 0 spiro atoms. The van der Waals surface area contributed by atoms with Crippen molar-refractivity contribution in [1.82, 2.24) is 4.57 Å². The van der Waals surface area contributed by atoms with Gasteiger partial charge in [0.25, 0.3) is 5.69 Å². The first-order valence-corrected chi connectivity index (χ1v) is 6.54. The molecule has 0 radical (unpaired) electrons. The molecule has 0 saturated carbocycles. The average molecular weight is 301 g/mol. The highest BCUT2D eigenvalue weighted by Crippen LogP contribution is 2.26. The normalized spacial score (nSPS) is 11.5. The summed E-state index contributed by atoms with van der Waals surface area (Å²) in [7, 11) is 0. The lowest BCUT2D eigenvalue weighted by Crippen LogP contribution is -1.99. The highest BCUT2D eigenvalue weighted by molar-refractivity contribution is 6.10. The van der Waals surface area contributed by atoms with Crippen LogP contribution in [0.4, 0.5) is 5.69 Å². The van der Waals surface area contributed by atoms with Gasteiger partial charge in [-0.05, 0) is 13.0 Å². The molecular formula is C15H15N3O4. The zero-order valence-electron chi connectivity index (χ0n) is 12.3. The van der Waals surface area contributed by atoms with E-state index in [0.29, 0.717) is 23.2 Å². The van der Waals surface area contributed by atoms with Gasteiger partial charge in [0.05, 0.1) is 10.6 Å². The van der Waals surface area contributed by atoms with E-state index in [1.54, 1.807) is 25.3 Å². The van der Waals surface area contributed by atoms with E-state index in [0.717, 1.165) is 5.52 Å². The van der Waals surface area contributed by atoms with E-state index in [4.69, 9.17) is 0 Å². The number of carbonyl (C=O) groups is 1.